The number of halogens is 1. The molecule has 0 aromatic heterocycles. The van der Waals surface area contributed by atoms with Gasteiger partial charge in [0.1, 0.15) is 12.2 Å². The summed E-state index contributed by atoms with van der Waals surface area (Å²) in [4.78, 5) is 19.9. The van der Waals surface area contributed by atoms with E-state index in [1.165, 1.54) is 0 Å². The number of carbonyl (C=O) groups is 1. The number of hydrogen-bond donors (Lipinski definition) is 3. The van der Waals surface area contributed by atoms with Crippen LogP contribution in [0.3, 0.4) is 0 Å². The normalized spacial score (nSPS) is 26.0. The molecule has 4 aliphatic rings. The number of phenols is 1. The Labute approximate surface area is 146 Å². The summed E-state index contributed by atoms with van der Waals surface area (Å²) in [5.74, 6) is 0.306. The number of carbonyl (C=O) groups excluding carboxylic acids is 1. The molecule has 3 N–H and O–H groups in total. The van der Waals surface area contributed by atoms with Gasteiger partial charge < -0.3 is 10.4 Å². The first-order valence-electron chi connectivity index (χ1n) is 8.04. The summed E-state index contributed by atoms with van der Waals surface area (Å²) >= 11 is 3.41. The molecule has 5 nitrogen and oxygen atoms in total. The Balaban J connectivity index is 1.93. The number of aromatic hydroxyl groups is 1. The SMILES string of the molecule is O=C1CC[C@@]2(C=CNc3c(O)c4c5c(c32)=[NH+]CCC=5C=N4)C=C1Br. The summed E-state index contributed by atoms with van der Waals surface area (Å²) in [7, 11) is 0. The zero-order valence-corrected chi connectivity index (χ0v) is 14.4. The number of rotatable bonds is 0. The number of nitrogens with one attached hydrogen (secondary N) is 2. The summed E-state index contributed by atoms with van der Waals surface area (Å²) < 4.78 is 0.606. The highest BCUT2D eigenvalue weighted by Gasteiger charge is 2.42. The fraction of sp³-hybridized carbons (Fsp3) is 0.278. The number of ketones is 1. The van der Waals surface area contributed by atoms with Gasteiger partial charge in [-0.2, -0.15) is 0 Å². The van der Waals surface area contributed by atoms with Gasteiger partial charge in [0, 0.05) is 24.5 Å². The van der Waals surface area contributed by atoms with Gasteiger partial charge in [-0.25, -0.2) is 4.99 Å². The highest BCUT2D eigenvalue weighted by atomic mass is 79.9. The van der Waals surface area contributed by atoms with Crippen molar-refractivity contribution in [2.45, 2.75) is 24.7 Å². The van der Waals surface area contributed by atoms with E-state index in [9.17, 15) is 9.90 Å². The molecule has 1 atom stereocenters. The number of fused-ring (bicyclic) bond motifs is 3. The van der Waals surface area contributed by atoms with Crippen LogP contribution in [0.5, 0.6) is 5.75 Å². The highest BCUT2D eigenvalue weighted by molar-refractivity contribution is 9.12. The number of hydrogen-bond acceptors (Lipinski definition) is 4. The average molecular weight is 385 g/mol. The van der Waals surface area contributed by atoms with Gasteiger partial charge in [-0.05, 0) is 34.1 Å². The van der Waals surface area contributed by atoms with Crippen LogP contribution in [0.2, 0.25) is 0 Å². The molecule has 1 aromatic carbocycles. The Morgan fingerprint density at radius 3 is 3.08 bits per heavy atom. The van der Waals surface area contributed by atoms with Crippen LogP contribution in [0.15, 0.2) is 27.8 Å². The van der Waals surface area contributed by atoms with Gasteiger partial charge in [0.25, 0.3) is 0 Å². The van der Waals surface area contributed by atoms with Crippen molar-refractivity contribution < 1.29 is 14.9 Å². The Morgan fingerprint density at radius 1 is 1.38 bits per heavy atom. The van der Waals surface area contributed by atoms with Gasteiger partial charge in [0.15, 0.2) is 11.5 Å². The molecule has 0 saturated carbocycles. The van der Waals surface area contributed by atoms with Crippen molar-refractivity contribution in [2.24, 2.45) is 4.99 Å². The van der Waals surface area contributed by atoms with Gasteiger partial charge in [0.2, 0.25) is 5.36 Å². The molecule has 0 saturated heterocycles. The predicted molar refractivity (Wildman–Crippen MR) is 94.2 cm³/mol. The third kappa shape index (κ3) is 1.66. The number of phenolic OH excluding ortho intramolecular Hbond substituents is 1. The van der Waals surface area contributed by atoms with E-state index in [4.69, 9.17) is 0 Å². The number of benzene rings is 1. The maximum absolute atomic E-state index is 12.0. The summed E-state index contributed by atoms with van der Waals surface area (Å²) in [6.45, 7) is 0.842. The van der Waals surface area contributed by atoms with E-state index in [0.717, 1.165) is 34.7 Å². The number of Topliss-reactive ketones (excluding diaryl/α,β-unsaturated/α-hetero) is 1. The molecule has 1 aromatic rings. The van der Waals surface area contributed by atoms with Gasteiger partial charge in [-0.15, -0.1) is 0 Å². The molecular formula is C18H15BrN3O2+. The van der Waals surface area contributed by atoms with Crippen LogP contribution in [0.25, 0.3) is 5.57 Å². The largest absolute Gasteiger partial charge is 0.504 e. The minimum absolute atomic E-state index is 0.122. The van der Waals surface area contributed by atoms with Crippen molar-refractivity contribution in [1.82, 2.24) is 0 Å². The lowest BCUT2D eigenvalue weighted by atomic mass is 9.70. The minimum Gasteiger partial charge on any atom is -0.504 e. The number of aliphatic imine (C=N–C) groups is 1. The maximum Gasteiger partial charge on any atom is 0.214 e. The molecule has 5 rings (SSSR count). The Morgan fingerprint density at radius 2 is 2.25 bits per heavy atom. The molecule has 1 spiro atoms. The summed E-state index contributed by atoms with van der Waals surface area (Å²) in [5.41, 5.74) is 3.08. The van der Waals surface area contributed by atoms with E-state index in [1.807, 2.05) is 18.5 Å². The van der Waals surface area contributed by atoms with E-state index >= 15 is 0 Å². The lowest BCUT2D eigenvalue weighted by Crippen LogP contribution is -2.83. The molecule has 6 heteroatoms. The van der Waals surface area contributed by atoms with Crippen LogP contribution < -0.4 is 20.9 Å². The standard InChI is InChI=1S/C18H14BrN3O2/c19-10-7-18(3-1-11(10)23)4-6-21-16-13(18)14-12-9(2-5-20-14)8-22-15(12)17(16)24/h4,6-8,21,24H,1-3,5H2/p+1/t18-/m1/s1. The fourth-order valence-corrected chi connectivity index (χ4v) is 4.77. The Kier molecular flexibility index (Phi) is 2.75. The molecule has 0 fully saturated rings. The fourth-order valence-electron chi connectivity index (χ4n) is 4.17. The van der Waals surface area contributed by atoms with Gasteiger partial charge in [-0.1, -0.05) is 12.2 Å². The van der Waals surface area contributed by atoms with Crippen molar-refractivity contribution in [3.8, 4) is 5.75 Å². The van der Waals surface area contributed by atoms with Crippen LogP contribution in [0, 0.1) is 0 Å². The van der Waals surface area contributed by atoms with Crippen molar-refractivity contribution >= 4 is 44.9 Å². The van der Waals surface area contributed by atoms with Gasteiger partial charge in [0.05, 0.1) is 21.0 Å². The van der Waals surface area contributed by atoms with Crippen molar-refractivity contribution in [3.63, 3.8) is 0 Å². The van der Waals surface area contributed by atoms with Crippen molar-refractivity contribution in [1.29, 1.82) is 0 Å². The van der Waals surface area contributed by atoms with E-state index in [1.54, 1.807) is 0 Å². The lowest BCUT2D eigenvalue weighted by molar-refractivity contribution is -0.501. The third-order valence-corrected chi connectivity index (χ3v) is 5.98. The molecule has 0 bridgehead atoms. The smallest absolute Gasteiger partial charge is 0.214 e. The zero-order chi connectivity index (χ0) is 16.5. The molecule has 1 aliphatic carbocycles. The quantitative estimate of drug-likeness (QED) is 0.558. The number of nitrogens with zero attached hydrogens (tertiary/aromatic N) is 1. The molecule has 24 heavy (non-hydrogen) atoms. The second-order valence-electron chi connectivity index (χ2n) is 6.59. The molecule has 0 amide bonds. The number of anilines is 1. The Bertz CT molecular complexity index is 1040. The average Bonchev–Trinajstić information content (AvgIpc) is 3.02. The van der Waals surface area contributed by atoms with Crippen molar-refractivity contribution in [2.75, 3.05) is 11.9 Å². The summed E-state index contributed by atoms with van der Waals surface area (Å²) in [6.07, 6.45) is 9.83. The van der Waals surface area contributed by atoms with E-state index < -0.39 is 5.41 Å². The molecular weight excluding hydrogens is 370 g/mol. The zero-order valence-electron chi connectivity index (χ0n) is 12.8. The van der Waals surface area contributed by atoms with Gasteiger partial charge >= 0.3 is 0 Å². The molecule has 3 heterocycles. The molecule has 0 radical (unpaired) electrons. The van der Waals surface area contributed by atoms with E-state index in [0.29, 0.717) is 28.7 Å². The summed E-state index contributed by atoms with van der Waals surface area (Å²) in [5, 5.41) is 16.0. The highest BCUT2D eigenvalue weighted by Crippen LogP contribution is 2.47. The third-order valence-electron chi connectivity index (χ3n) is 5.30. The second kappa shape index (κ2) is 4.66. The monoisotopic (exact) mass is 384 g/mol. The first kappa shape index (κ1) is 14.2. The summed E-state index contributed by atoms with van der Waals surface area (Å²) in [6, 6.07) is 0. The first-order valence-corrected chi connectivity index (χ1v) is 8.83. The Hall–Kier alpha value is -2.21. The first-order chi connectivity index (χ1) is 11.6. The minimum atomic E-state index is -0.410. The number of allylic oxidation sites excluding steroid dienone is 3. The van der Waals surface area contributed by atoms with Gasteiger partial charge in [-0.3, -0.25) is 9.79 Å². The van der Waals surface area contributed by atoms with Crippen LogP contribution in [0.1, 0.15) is 24.8 Å². The molecule has 3 aliphatic heterocycles. The van der Waals surface area contributed by atoms with Crippen LogP contribution in [-0.4, -0.2) is 23.6 Å². The lowest BCUT2D eigenvalue weighted by Gasteiger charge is -2.35. The second-order valence-corrected chi connectivity index (χ2v) is 7.45. The molecule has 0 unspecified atom stereocenters. The van der Waals surface area contributed by atoms with Crippen LogP contribution >= 0.6 is 15.9 Å². The topological polar surface area (TPSA) is 75.7 Å². The predicted octanol–water partition coefficient (Wildman–Crippen LogP) is 0.181. The van der Waals surface area contributed by atoms with Crippen LogP contribution in [0.4, 0.5) is 11.4 Å². The maximum atomic E-state index is 12.0. The van der Waals surface area contributed by atoms with Crippen molar-refractivity contribution in [3.05, 3.63) is 39.0 Å². The van der Waals surface area contributed by atoms with E-state index in [-0.39, 0.29) is 11.5 Å². The van der Waals surface area contributed by atoms with Crippen LogP contribution in [-0.2, 0) is 10.2 Å². The molecule has 120 valence electrons. The van der Waals surface area contributed by atoms with E-state index in [2.05, 4.69) is 37.3 Å².